The first-order valence-corrected chi connectivity index (χ1v) is 5.95. The molecule has 90 valence electrons. The molecule has 6 heteroatoms. The van der Waals surface area contributed by atoms with Gasteiger partial charge in [0.25, 0.3) is 0 Å². The molecule has 1 aromatic rings. The van der Waals surface area contributed by atoms with Crippen molar-refractivity contribution < 1.29 is 0 Å². The molecule has 5 nitrogen and oxygen atoms in total. The minimum atomic E-state index is 0.517. The molecule has 0 amide bonds. The summed E-state index contributed by atoms with van der Waals surface area (Å²) >= 11 is 4.91. The maximum absolute atomic E-state index is 5.54. The Bertz CT molecular complexity index is 336. The van der Waals surface area contributed by atoms with Crippen LogP contribution in [0.2, 0.25) is 0 Å². The predicted octanol–water partition coefficient (Wildman–Crippen LogP) is 0.796. The van der Waals surface area contributed by atoms with E-state index in [1.807, 2.05) is 4.68 Å². The summed E-state index contributed by atoms with van der Waals surface area (Å²) in [5, 5.41) is 4.19. The summed E-state index contributed by atoms with van der Waals surface area (Å²) in [6, 6.07) is 0. The van der Waals surface area contributed by atoms with Crippen LogP contribution in [0, 0.1) is 0 Å². The van der Waals surface area contributed by atoms with Crippen LogP contribution in [0.1, 0.15) is 26.1 Å². The molecule has 1 heterocycles. The molecule has 1 aromatic heterocycles. The van der Waals surface area contributed by atoms with Crippen molar-refractivity contribution in [3.63, 3.8) is 0 Å². The van der Waals surface area contributed by atoms with Crippen LogP contribution in [-0.2, 0) is 13.1 Å². The van der Waals surface area contributed by atoms with Gasteiger partial charge in [-0.2, -0.15) is 5.10 Å². The van der Waals surface area contributed by atoms with Gasteiger partial charge in [-0.25, -0.2) is 9.67 Å². The topological polar surface area (TPSA) is 60.0 Å². The maximum atomic E-state index is 5.54. The third-order valence-corrected chi connectivity index (χ3v) is 2.45. The minimum Gasteiger partial charge on any atom is -0.392 e. The number of hydrogen-bond donors (Lipinski definition) is 1. The number of nitrogens with two attached hydrogens (primary N) is 1. The highest BCUT2D eigenvalue weighted by atomic mass is 32.1. The van der Waals surface area contributed by atoms with Gasteiger partial charge < -0.3 is 5.73 Å². The largest absolute Gasteiger partial charge is 0.392 e. The van der Waals surface area contributed by atoms with E-state index in [-0.39, 0.29) is 0 Å². The number of nitrogens with zero attached hydrogens (tertiary/aromatic N) is 4. The second kappa shape index (κ2) is 6.55. The summed E-state index contributed by atoms with van der Waals surface area (Å²) in [6.45, 7) is 7.38. The maximum Gasteiger partial charge on any atom is 0.141 e. The Morgan fingerprint density at radius 3 is 2.88 bits per heavy atom. The standard InChI is InChI=1S/C10H19N5S/c1-3-5-15-10(12-8-13-15)7-14(4-2)6-9(11)16/h8H,3-7H2,1-2H3,(H2,11,16). The van der Waals surface area contributed by atoms with Crippen molar-refractivity contribution in [2.24, 2.45) is 5.73 Å². The first kappa shape index (κ1) is 13.1. The van der Waals surface area contributed by atoms with E-state index >= 15 is 0 Å². The SMILES string of the molecule is CCCn1ncnc1CN(CC)CC(N)=S. The van der Waals surface area contributed by atoms with Gasteiger partial charge in [-0.1, -0.05) is 26.1 Å². The molecule has 0 atom stereocenters. The highest BCUT2D eigenvalue weighted by Gasteiger charge is 2.09. The Balaban J connectivity index is 2.62. The monoisotopic (exact) mass is 241 g/mol. The van der Waals surface area contributed by atoms with Crippen LogP contribution in [0.15, 0.2) is 6.33 Å². The molecule has 0 aliphatic heterocycles. The summed E-state index contributed by atoms with van der Waals surface area (Å²) in [5.74, 6) is 0.972. The zero-order chi connectivity index (χ0) is 12.0. The third kappa shape index (κ3) is 3.86. The molecule has 0 saturated heterocycles. The average Bonchev–Trinajstić information content (AvgIpc) is 2.65. The fourth-order valence-electron chi connectivity index (χ4n) is 1.51. The molecule has 0 aliphatic carbocycles. The molecule has 1 rings (SSSR count). The van der Waals surface area contributed by atoms with E-state index in [0.717, 1.165) is 31.9 Å². The summed E-state index contributed by atoms with van der Waals surface area (Å²) in [7, 11) is 0. The highest BCUT2D eigenvalue weighted by Crippen LogP contribution is 2.01. The van der Waals surface area contributed by atoms with Crippen molar-refractivity contribution in [2.75, 3.05) is 13.1 Å². The van der Waals surface area contributed by atoms with E-state index < -0.39 is 0 Å². The van der Waals surface area contributed by atoms with Crippen LogP contribution in [0.5, 0.6) is 0 Å². The number of aromatic nitrogens is 3. The van der Waals surface area contributed by atoms with Gasteiger partial charge in [-0.3, -0.25) is 4.90 Å². The van der Waals surface area contributed by atoms with Gasteiger partial charge >= 0.3 is 0 Å². The third-order valence-electron chi connectivity index (χ3n) is 2.32. The predicted molar refractivity (Wildman–Crippen MR) is 68.0 cm³/mol. The second-order valence-corrected chi connectivity index (χ2v) is 4.19. The van der Waals surface area contributed by atoms with Gasteiger partial charge in [0.05, 0.1) is 11.5 Å². The van der Waals surface area contributed by atoms with Crippen molar-refractivity contribution in [1.29, 1.82) is 0 Å². The highest BCUT2D eigenvalue weighted by molar-refractivity contribution is 7.80. The lowest BCUT2D eigenvalue weighted by Gasteiger charge is -2.19. The quantitative estimate of drug-likeness (QED) is 0.715. The Labute approximate surface area is 102 Å². The van der Waals surface area contributed by atoms with Gasteiger partial charge in [0.2, 0.25) is 0 Å². The van der Waals surface area contributed by atoms with Crippen molar-refractivity contribution in [1.82, 2.24) is 19.7 Å². The summed E-state index contributed by atoms with van der Waals surface area (Å²) in [4.78, 5) is 6.92. The van der Waals surface area contributed by atoms with Gasteiger partial charge in [0.15, 0.2) is 0 Å². The molecule has 0 spiro atoms. The Hall–Kier alpha value is -1.01. The van der Waals surface area contributed by atoms with Crippen LogP contribution < -0.4 is 5.73 Å². The van der Waals surface area contributed by atoms with Crippen LogP contribution in [0.25, 0.3) is 0 Å². The van der Waals surface area contributed by atoms with Crippen LogP contribution >= 0.6 is 12.2 Å². The van der Waals surface area contributed by atoms with Crippen molar-refractivity contribution in [3.8, 4) is 0 Å². The molecular formula is C10H19N5S. The van der Waals surface area contributed by atoms with Crippen LogP contribution in [-0.4, -0.2) is 37.7 Å². The van der Waals surface area contributed by atoms with Gasteiger partial charge in [0.1, 0.15) is 12.2 Å². The van der Waals surface area contributed by atoms with Crippen molar-refractivity contribution in [2.45, 2.75) is 33.4 Å². The lowest BCUT2D eigenvalue weighted by molar-refractivity contribution is 0.304. The lowest BCUT2D eigenvalue weighted by atomic mass is 10.4. The zero-order valence-electron chi connectivity index (χ0n) is 9.89. The summed E-state index contributed by atoms with van der Waals surface area (Å²) < 4.78 is 1.93. The molecule has 0 bridgehead atoms. The van der Waals surface area contributed by atoms with E-state index in [1.165, 1.54) is 0 Å². The first-order chi connectivity index (χ1) is 7.67. The molecule has 0 aliphatic rings. The number of likely N-dealkylation sites (N-methyl/N-ethyl adjacent to an activating group) is 1. The molecule has 0 unspecified atom stereocenters. The van der Waals surface area contributed by atoms with Gasteiger partial charge in [-0.15, -0.1) is 0 Å². The molecule has 0 radical (unpaired) electrons. The molecule has 0 fully saturated rings. The molecule has 0 aromatic carbocycles. The molecular weight excluding hydrogens is 222 g/mol. The Morgan fingerprint density at radius 1 is 1.56 bits per heavy atom. The fraction of sp³-hybridized carbons (Fsp3) is 0.700. The Kier molecular flexibility index (Phi) is 5.34. The van der Waals surface area contributed by atoms with E-state index in [2.05, 4.69) is 28.8 Å². The Morgan fingerprint density at radius 2 is 2.31 bits per heavy atom. The number of aryl methyl sites for hydroxylation is 1. The van der Waals surface area contributed by atoms with E-state index in [4.69, 9.17) is 18.0 Å². The molecule has 16 heavy (non-hydrogen) atoms. The second-order valence-electron chi connectivity index (χ2n) is 3.67. The number of thiocarbonyl (C=S) groups is 1. The van der Waals surface area contributed by atoms with E-state index in [1.54, 1.807) is 6.33 Å². The minimum absolute atomic E-state index is 0.517. The average molecular weight is 241 g/mol. The molecule has 2 N–H and O–H groups in total. The van der Waals surface area contributed by atoms with E-state index in [0.29, 0.717) is 11.5 Å². The van der Waals surface area contributed by atoms with Crippen LogP contribution in [0.4, 0.5) is 0 Å². The van der Waals surface area contributed by atoms with E-state index in [9.17, 15) is 0 Å². The summed E-state index contributed by atoms with van der Waals surface area (Å²) in [6.07, 6.45) is 2.65. The van der Waals surface area contributed by atoms with Crippen molar-refractivity contribution in [3.05, 3.63) is 12.2 Å². The number of rotatable bonds is 7. The summed E-state index contributed by atoms with van der Waals surface area (Å²) in [5.41, 5.74) is 5.54. The fourth-order valence-corrected chi connectivity index (χ4v) is 1.69. The van der Waals surface area contributed by atoms with Crippen molar-refractivity contribution >= 4 is 17.2 Å². The van der Waals surface area contributed by atoms with Crippen LogP contribution in [0.3, 0.4) is 0 Å². The normalized spacial score (nSPS) is 10.9. The zero-order valence-corrected chi connectivity index (χ0v) is 10.7. The number of hydrogen-bond acceptors (Lipinski definition) is 4. The lowest BCUT2D eigenvalue weighted by Crippen LogP contribution is -2.33. The first-order valence-electron chi connectivity index (χ1n) is 5.54. The smallest absolute Gasteiger partial charge is 0.141 e. The van der Waals surface area contributed by atoms with Gasteiger partial charge in [0, 0.05) is 13.1 Å². The molecule has 0 saturated carbocycles. The van der Waals surface area contributed by atoms with Gasteiger partial charge in [-0.05, 0) is 13.0 Å².